The predicted octanol–water partition coefficient (Wildman–Crippen LogP) is 18.0. The Morgan fingerprint density at radius 2 is 0.812 bits per heavy atom. The molecule has 3 aliphatic carbocycles. The minimum Gasteiger partial charge on any atom is -0.310 e. The first-order chi connectivity index (χ1) is 34.0. The van der Waals surface area contributed by atoms with Crippen molar-refractivity contribution in [2.75, 3.05) is 4.90 Å². The van der Waals surface area contributed by atoms with Crippen LogP contribution in [0.4, 0.5) is 17.1 Å². The van der Waals surface area contributed by atoms with Crippen LogP contribution in [0.25, 0.3) is 88.0 Å². The number of benzene rings is 12. The van der Waals surface area contributed by atoms with E-state index in [2.05, 4.69) is 255 Å². The third-order valence-electron chi connectivity index (χ3n) is 16.2. The van der Waals surface area contributed by atoms with Gasteiger partial charge >= 0.3 is 0 Å². The third-order valence-corrected chi connectivity index (χ3v) is 16.2. The van der Waals surface area contributed by atoms with Crippen LogP contribution in [0, 0.1) is 0 Å². The van der Waals surface area contributed by atoms with Crippen LogP contribution in [0.1, 0.15) is 47.2 Å². The molecule has 0 N–H and O–H groups in total. The molecule has 0 aromatic heterocycles. The lowest BCUT2D eigenvalue weighted by Gasteiger charge is -2.36. The van der Waals surface area contributed by atoms with Gasteiger partial charge in [-0.2, -0.15) is 0 Å². The summed E-state index contributed by atoms with van der Waals surface area (Å²) in [6, 6.07) is 89.7. The summed E-state index contributed by atoms with van der Waals surface area (Å²) >= 11 is 0. The van der Waals surface area contributed by atoms with Crippen molar-refractivity contribution in [3.8, 4) is 55.6 Å². The largest absolute Gasteiger partial charge is 0.310 e. The number of hydrogen-bond donors (Lipinski definition) is 0. The summed E-state index contributed by atoms with van der Waals surface area (Å²) < 4.78 is 0. The van der Waals surface area contributed by atoms with Crippen LogP contribution >= 0.6 is 0 Å². The van der Waals surface area contributed by atoms with E-state index in [1.54, 1.807) is 0 Å². The number of fused-ring (bicyclic) bond motifs is 16. The highest BCUT2D eigenvalue weighted by atomic mass is 15.1. The van der Waals surface area contributed by atoms with Crippen molar-refractivity contribution >= 4 is 49.4 Å². The van der Waals surface area contributed by atoms with Crippen LogP contribution in [0.15, 0.2) is 237 Å². The van der Waals surface area contributed by atoms with Crippen molar-refractivity contribution in [1.82, 2.24) is 0 Å². The molecule has 3 aliphatic rings. The highest BCUT2D eigenvalue weighted by Gasteiger charge is 2.50. The molecule has 0 saturated heterocycles. The first-order valence-corrected chi connectivity index (χ1v) is 24.3. The number of hydrogen-bond acceptors (Lipinski definition) is 1. The smallest absolute Gasteiger partial charge is 0.0726 e. The van der Waals surface area contributed by atoms with E-state index in [0.29, 0.717) is 0 Å². The minimum atomic E-state index is -0.620. The molecule has 12 aromatic rings. The third kappa shape index (κ3) is 5.14. The quantitative estimate of drug-likeness (QED) is 0.159. The number of rotatable bonds is 4. The molecule has 0 amide bonds. The van der Waals surface area contributed by atoms with Gasteiger partial charge in [-0.15, -0.1) is 0 Å². The van der Waals surface area contributed by atoms with Crippen LogP contribution in [0.5, 0.6) is 0 Å². The zero-order valence-electron chi connectivity index (χ0n) is 38.5. The first kappa shape index (κ1) is 38.6. The maximum Gasteiger partial charge on any atom is 0.0726 e. The molecule has 0 bridgehead atoms. The fraction of sp³-hybridized carbons (Fsp3) is 0.0588. The summed E-state index contributed by atoms with van der Waals surface area (Å²) in [6.45, 7) is 4.76. The standard InChI is InChI=1S/C68H45N/c1-67(2)58-24-11-8-22-53(58)54-37-34-49(41-62(54)67)69(47-32-29-43(30-33-47)42-15-4-3-5-16-42)48-35-38-61-57(40-48)51-20-7-6-19-50(51)52-21-9-12-25-59(52)68(61)60-26-13-10-23-55(60)66-56-36-31-45-18-14-17-44-27-28-46(39-63(66)68)65(56)64(44)45/h3-41H,1-2H3. The fourth-order valence-corrected chi connectivity index (χ4v) is 13.2. The second kappa shape index (κ2) is 14.0. The topological polar surface area (TPSA) is 3.24 Å². The Kier molecular flexibility index (Phi) is 7.83. The molecule has 12 aromatic carbocycles. The van der Waals surface area contributed by atoms with Gasteiger partial charge in [-0.05, 0) is 164 Å². The molecule has 69 heavy (non-hydrogen) atoms. The van der Waals surface area contributed by atoms with E-state index >= 15 is 0 Å². The highest BCUT2D eigenvalue weighted by molar-refractivity contribution is 6.27. The summed E-state index contributed by atoms with van der Waals surface area (Å²) in [5.41, 5.74) is 23.3. The molecule has 1 nitrogen and oxygen atoms in total. The molecular formula is C68H45N. The van der Waals surface area contributed by atoms with E-state index in [1.807, 2.05) is 0 Å². The van der Waals surface area contributed by atoms with Crippen LogP contribution < -0.4 is 4.90 Å². The van der Waals surface area contributed by atoms with E-state index in [0.717, 1.165) is 17.1 Å². The molecule has 0 saturated carbocycles. The Morgan fingerprint density at radius 3 is 1.57 bits per heavy atom. The Labute approximate surface area is 402 Å². The minimum absolute atomic E-state index is 0.147. The predicted molar refractivity (Wildman–Crippen MR) is 290 cm³/mol. The summed E-state index contributed by atoms with van der Waals surface area (Å²) in [5.74, 6) is 0. The van der Waals surface area contributed by atoms with Gasteiger partial charge in [-0.25, -0.2) is 0 Å². The maximum absolute atomic E-state index is 2.55. The van der Waals surface area contributed by atoms with Gasteiger partial charge in [0.25, 0.3) is 0 Å². The molecular weight excluding hydrogens is 831 g/mol. The van der Waals surface area contributed by atoms with E-state index in [9.17, 15) is 0 Å². The van der Waals surface area contributed by atoms with Gasteiger partial charge in [0.15, 0.2) is 0 Å². The van der Waals surface area contributed by atoms with Crippen LogP contribution in [0.3, 0.4) is 0 Å². The van der Waals surface area contributed by atoms with Gasteiger partial charge in [0.05, 0.1) is 5.41 Å². The number of nitrogens with zero attached hydrogens (tertiary/aromatic N) is 1. The summed E-state index contributed by atoms with van der Waals surface area (Å²) in [5, 5.41) is 7.88. The Morgan fingerprint density at radius 1 is 0.290 bits per heavy atom. The molecule has 1 heteroatoms. The average Bonchev–Trinajstić information content (AvgIpc) is 3.79. The van der Waals surface area contributed by atoms with E-state index in [-0.39, 0.29) is 5.41 Å². The summed E-state index contributed by atoms with van der Waals surface area (Å²) in [6.07, 6.45) is 0. The molecule has 322 valence electrons. The summed E-state index contributed by atoms with van der Waals surface area (Å²) in [4.78, 5) is 2.49. The van der Waals surface area contributed by atoms with Gasteiger partial charge in [0.1, 0.15) is 0 Å². The average molecular weight is 876 g/mol. The zero-order chi connectivity index (χ0) is 45.6. The molecule has 0 aliphatic heterocycles. The normalized spacial score (nSPS) is 15.6. The molecule has 0 radical (unpaired) electrons. The Hall–Kier alpha value is -8.52. The van der Waals surface area contributed by atoms with Crippen LogP contribution in [-0.4, -0.2) is 0 Å². The fourth-order valence-electron chi connectivity index (χ4n) is 13.2. The summed E-state index contributed by atoms with van der Waals surface area (Å²) in [7, 11) is 0. The van der Waals surface area contributed by atoms with E-state index in [4.69, 9.17) is 0 Å². The molecule has 1 spiro atoms. The monoisotopic (exact) mass is 875 g/mol. The van der Waals surface area contributed by atoms with Gasteiger partial charge in [-0.3, -0.25) is 0 Å². The Balaban J connectivity index is 1.02. The molecule has 1 atom stereocenters. The highest BCUT2D eigenvalue weighted by Crippen LogP contribution is 2.64. The SMILES string of the molecule is CC1(C)c2ccccc2-c2ccc(N(c3ccc(-c4ccccc4)cc3)c3ccc4c(c3)-c3ccccc3-c3ccccc3C43c4ccccc4-c4c3cc3ccc5cccc6ccc4c3c56)cc21. The van der Waals surface area contributed by atoms with Gasteiger partial charge in [0, 0.05) is 22.5 Å². The molecule has 15 rings (SSSR count). The van der Waals surface area contributed by atoms with Crippen molar-refractivity contribution in [3.05, 3.63) is 270 Å². The molecule has 1 unspecified atom stereocenters. The number of anilines is 3. The lowest BCUT2D eigenvalue weighted by molar-refractivity contribution is 0.660. The second-order valence-electron chi connectivity index (χ2n) is 19.9. The van der Waals surface area contributed by atoms with Gasteiger partial charge in [-0.1, -0.05) is 208 Å². The van der Waals surface area contributed by atoms with Crippen molar-refractivity contribution in [2.24, 2.45) is 0 Å². The van der Waals surface area contributed by atoms with Crippen molar-refractivity contribution < 1.29 is 0 Å². The van der Waals surface area contributed by atoms with Gasteiger partial charge < -0.3 is 4.90 Å². The van der Waals surface area contributed by atoms with Crippen molar-refractivity contribution in [1.29, 1.82) is 0 Å². The Bertz CT molecular complexity index is 4080. The van der Waals surface area contributed by atoms with Crippen LogP contribution in [0.2, 0.25) is 0 Å². The van der Waals surface area contributed by atoms with Crippen molar-refractivity contribution in [2.45, 2.75) is 24.7 Å². The first-order valence-electron chi connectivity index (χ1n) is 24.3. The van der Waals surface area contributed by atoms with Crippen molar-refractivity contribution in [3.63, 3.8) is 0 Å². The van der Waals surface area contributed by atoms with E-state index < -0.39 is 5.41 Å². The lowest BCUT2D eigenvalue weighted by Crippen LogP contribution is -2.29. The lowest BCUT2D eigenvalue weighted by atomic mass is 9.65. The molecule has 0 fully saturated rings. The van der Waals surface area contributed by atoms with Crippen LogP contribution in [-0.2, 0) is 10.8 Å². The zero-order valence-corrected chi connectivity index (χ0v) is 38.5. The van der Waals surface area contributed by atoms with Gasteiger partial charge in [0.2, 0.25) is 0 Å². The van der Waals surface area contributed by atoms with E-state index in [1.165, 1.54) is 121 Å². The molecule has 0 heterocycles. The second-order valence-corrected chi connectivity index (χ2v) is 19.9. The maximum atomic E-state index is 2.55.